The molecular formula is C14H9BrClNO2. The van der Waals surface area contributed by atoms with Crippen molar-refractivity contribution in [2.45, 2.75) is 0 Å². The molecule has 0 unspecified atom stereocenters. The highest BCUT2D eigenvalue weighted by Gasteiger charge is 2.04. The number of esters is 1. The van der Waals surface area contributed by atoms with E-state index in [4.69, 9.17) is 16.3 Å². The fourth-order valence-electron chi connectivity index (χ4n) is 1.36. The SMILES string of the molecule is O=C(/C=C/c1cccc(Cl)c1)Oc1cccnc1Br. The van der Waals surface area contributed by atoms with Gasteiger partial charge in [-0.05, 0) is 51.8 Å². The number of aromatic nitrogens is 1. The van der Waals surface area contributed by atoms with E-state index in [-0.39, 0.29) is 0 Å². The first-order valence-electron chi connectivity index (χ1n) is 5.41. The number of carbonyl (C=O) groups excluding carboxylic acids is 1. The van der Waals surface area contributed by atoms with Crippen LogP contribution in [0.2, 0.25) is 5.02 Å². The molecule has 3 nitrogen and oxygen atoms in total. The van der Waals surface area contributed by atoms with Crippen molar-refractivity contribution in [3.63, 3.8) is 0 Å². The molecule has 1 heterocycles. The van der Waals surface area contributed by atoms with E-state index in [1.807, 2.05) is 12.1 Å². The van der Waals surface area contributed by atoms with E-state index in [0.717, 1.165) is 5.56 Å². The van der Waals surface area contributed by atoms with Crippen LogP contribution in [0.5, 0.6) is 5.75 Å². The third kappa shape index (κ3) is 4.19. The second-order valence-corrected chi connectivity index (χ2v) is 4.79. The molecule has 0 aliphatic heterocycles. The summed E-state index contributed by atoms with van der Waals surface area (Å²) in [5, 5.41) is 0.616. The third-order valence-electron chi connectivity index (χ3n) is 2.20. The molecule has 2 aromatic rings. The number of rotatable bonds is 3. The van der Waals surface area contributed by atoms with Gasteiger partial charge in [0.25, 0.3) is 0 Å². The van der Waals surface area contributed by atoms with Crippen molar-refractivity contribution < 1.29 is 9.53 Å². The predicted octanol–water partition coefficient (Wildman–Crippen LogP) is 4.12. The summed E-state index contributed by atoms with van der Waals surface area (Å²) in [7, 11) is 0. The quantitative estimate of drug-likeness (QED) is 0.480. The lowest BCUT2D eigenvalue weighted by molar-refractivity contribution is -0.128. The average molecular weight is 339 g/mol. The van der Waals surface area contributed by atoms with Crippen LogP contribution in [-0.2, 0) is 4.79 Å². The smallest absolute Gasteiger partial charge is 0.336 e. The summed E-state index contributed by atoms with van der Waals surface area (Å²) in [6, 6.07) is 10.5. The van der Waals surface area contributed by atoms with Gasteiger partial charge in [-0.3, -0.25) is 0 Å². The summed E-state index contributed by atoms with van der Waals surface area (Å²) in [5.74, 6) is -0.100. The van der Waals surface area contributed by atoms with Crippen molar-refractivity contribution in [3.05, 3.63) is 63.9 Å². The highest BCUT2D eigenvalue weighted by molar-refractivity contribution is 9.10. The van der Waals surface area contributed by atoms with E-state index in [1.165, 1.54) is 6.08 Å². The van der Waals surface area contributed by atoms with Gasteiger partial charge in [-0.25, -0.2) is 9.78 Å². The maximum absolute atomic E-state index is 11.6. The Morgan fingerprint density at radius 2 is 2.16 bits per heavy atom. The number of pyridine rings is 1. The lowest BCUT2D eigenvalue weighted by Crippen LogP contribution is -2.04. The van der Waals surface area contributed by atoms with Crippen LogP contribution in [0, 0.1) is 0 Å². The molecule has 0 spiro atoms. The zero-order chi connectivity index (χ0) is 13.7. The van der Waals surface area contributed by atoms with Crippen LogP contribution in [0.4, 0.5) is 0 Å². The molecule has 1 aromatic carbocycles. The summed E-state index contributed by atoms with van der Waals surface area (Å²) >= 11 is 9.05. The summed E-state index contributed by atoms with van der Waals surface area (Å²) in [4.78, 5) is 15.6. The van der Waals surface area contributed by atoms with Crippen LogP contribution < -0.4 is 4.74 Å². The first-order chi connectivity index (χ1) is 9.15. The zero-order valence-corrected chi connectivity index (χ0v) is 12.1. The van der Waals surface area contributed by atoms with E-state index >= 15 is 0 Å². The van der Waals surface area contributed by atoms with Crippen molar-refractivity contribution in [1.29, 1.82) is 0 Å². The summed E-state index contributed by atoms with van der Waals surface area (Å²) in [6.45, 7) is 0. The minimum absolute atomic E-state index is 0.378. The Morgan fingerprint density at radius 3 is 2.89 bits per heavy atom. The van der Waals surface area contributed by atoms with Crippen LogP contribution in [0.3, 0.4) is 0 Å². The molecule has 0 bridgehead atoms. The average Bonchev–Trinajstić information content (AvgIpc) is 2.39. The number of halogens is 2. The van der Waals surface area contributed by atoms with Gasteiger partial charge in [0.05, 0.1) is 0 Å². The van der Waals surface area contributed by atoms with Crippen molar-refractivity contribution in [2.75, 3.05) is 0 Å². The number of hydrogen-bond donors (Lipinski definition) is 0. The number of hydrogen-bond acceptors (Lipinski definition) is 3. The van der Waals surface area contributed by atoms with E-state index in [2.05, 4.69) is 20.9 Å². The number of ether oxygens (including phenoxy) is 1. The molecule has 0 fully saturated rings. The predicted molar refractivity (Wildman–Crippen MR) is 78.1 cm³/mol. The molecule has 5 heteroatoms. The normalized spacial score (nSPS) is 10.6. The minimum Gasteiger partial charge on any atom is -0.420 e. The molecule has 0 atom stereocenters. The second kappa shape index (κ2) is 6.50. The lowest BCUT2D eigenvalue weighted by Gasteiger charge is -2.02. The first kappa shape index (κ1) is 13.8. The molecule has 0 amide bonds. The van der Waals surface area contributed by atoms with Gasteiger partial charge in [0.2, 0.25) is 0 Å². The number of carbonyl (C=O) groups is 1. The van der Waals surface area contributed by atoms with Crippen LogP contribution in [0.25, 0.3) is 6.08 Å². The molecule has 2 rings (SSSR count). The molecule has 96 valence electrons. The largest absolute Gasteiger partial charge is 0.420 e. The van der Waals surface area contributed by atoms with Gasteiger partial charge < -0.3 is 4.74 Å². The highest BCUT2D eigenvalue weighted by Crippen LogP contribution is 2.21. The van der Waals surface area contributed by atoms with Crippen molar-refractivity contribution in [1.82, 2.24) is 4.98 Å². The van der Waals surface area contributed by atoms with Crippen LogP contribution in [0.15, 0.2) is 53.3 Å². The minimum atomic E-state index is -0.478. The van der Waals surface area contributed by atoms with Crippen LogP contribution in [0.1, 0.15) is 5.56 Å². The maximum Gasteiger partial charge on any atom is 0.336 e. The van der Waals surface area contributed by atoms with Gasteiger partial charge >= 0.3 is 5.97 Å². The lowest BCUT2D eigenvalue weighted by atomic mass is 10.2. The standard InChI is InChI=1S/C14H9BrClNO2/c15-14-12(5-2-8-17-14)19-13(18)7-6-10-3-1-4-11(16)9-10/h1-9H/b7-6+. The Hall–Kier alpha value is -1.65. The molecule has 0 saturated heterocycles. The monoisotopic (exact) mass is 337 g/mol. The zero-order valence-electron chi connectivity index (χ0n) is 9.72. The van der Waals surface area contributed by atoms with E-state index in [1.54, 1.807) is 36.5 Å². The topological polar surface area (TPSA) is 39.2 Å². The van der Waals surface area contributed by atoms with Crippen molar-refractivity contribution >= 4 is 39.6 Å². The fourth-order valence-corrected chi connectivity index (χ4v) is 1.89. The third-order valence-corrected chi connectivity index (χ3v) is 3.03. The fraction of sp³-hybridized carbons (Fsp3) is 0. The Bertz CT molecular complexity index is 628. The molecule has 0 aliphatic carbocycles. The summed E-state index contributed by atoms with van der Waals surface area (Å²) in [5.41, 5.74) is 0.828. The van der Waals surface area contributed by atoms with E-state index in [0.29, 0.717) is 15.4 Å². The first-order valence-corrected chi connectivity index (χ1v) is 6.58. The Balaban J connectivity index is 2.04. The summed E-state index contributed by atoms with van der Waals surface area (Å²) < 4.78 is 5.61. The molecule has 0 N–H and O–H groups in total. The van der Waals surface area contributed by atoms with Gasteiger partial charge in [-0.15, -0.1) is 0 Å². The van der Waals surface area contributed by atoms with Crippen LogP contribution >= 0.6 is 27.5 Å². The summed E-state index contributed by atoms with van der Waals surface area (Å²) in [6.07, 6.45) is 4.58. The highest BCUT2D eigenvalue weighted by atomic mass is 79.9. The van der Waals surface area contributed by atoms with Gasteiger partial charge in [-0.2, -0.15) is 0 Å². The van der Waals surface area contributed by atoms with Gasteiger partial charge in [-0.1, -0.05) is 23.7 Å². The Morgan fingerprint density at radius 1 is 1.32 bits per heavy atom. The Kier molecular flexibility index (Phi) is 4.71. The van der Waals surface area contributed by atoms with Gasteiger partial charge in [0.1, 0.15) is 4.60 Å². The van der Waals surface area contributed by atoms with Crippen LogP contribution in [-0.4, -0.2) is 11.0 Å². The molecule has 0 saturated carbocycles. The second-order valence-electron chi connectivity index (χ2n) is 3.60. The van der Waals surface area contributed by atoms with Gasteiger partial charge in [0.15, 0.2) is 5.75 Å². The molecule has 19 heavy (non-hydrogen) atoms. The molecule has 1 aromatic heterocycles. The number of benzene rings is 1. The van der Waals surface area contributed by atoms with Crippen molar-refractivity contribution in [2.24, 2.45) is 0 Å². The van der Waals surface area contributed by atoms with Gasteiger partial charge in [0, 0.05) is 17.3 Å². The number of nitrogens with zero attached hydrogens (tertiary/aromatic N) is 1. The molecule has 0 radical (unpaired) electrons. The molecular weight excluding hydrogens is 330 g/mol. The van der Waals surface area contributed by atoms with E-state index in [9.17, 15) is 4.79 Å². The van der Waals surface area contributed by atoms with E-state index < -0.39 is 5.97 Å². The Labute approximate surface area is 124 Å². The maximum atomic E-state index is 11.6. The van der Waals surface area contributed by atoms with Crippen molar-refractivity contribution in [3.8, 4) is 5.75 Å². The molecule has 0 aliphatic rings.